The Morgan fingerprint density at radius 1 is 1.37 bits per heavy atom. The Labute approximate surface area is 114 Å². The highest BCUT2D eigenvalue weighted by Crippen LogP contribution is 2.32. The molecule has 3 unspecified atom stereocenters. The van der Waals surface area contributed by atoms with E-state index in [0.717, 1.165) is 32.4 Å². The van der Waals surface area contributed by atoms with Crippen LogP contribution in [0.1, 0.15) is 44.3 Å². The van der Waals surface area contributed by atoms with Crippen LogP contribution in [0.3, 0.4) is 0 Å². The molecule has 2 aliphatic heterocycles. The number of aromatic amines is 1. The second-order valence-electron chi connectivity index (χ2n) is 5.87. The average molecular weight is 261 g/mol. The normalized spacial score (nSPS) is 31.6. The minimum Gasteiger partial charge on any atom is -0.363 e. The quantitative estimate of drug-likeness (QED) is 0.856. The molecule has 19 heavy (non-hydrogen) atoms. The van der Waals surface area contributed by atoms with E-state index in [2.05, 4.69) is 28.2 Å². The van der Waals surface area contributed by atoms with Crippen molar-refractivity contribution in [2.75, 3.05) is 13.1 Å². The van der Waals surface area contributed by atoms with Crippen molar-refractivity contribution in [1.82, 2.24) is 15.2 Å². The molecule has 104 valence electrons. The number of rotatable bonds is 2. The minimum atomic E-state index is 0.0179. The zero-order valence-electron chi connectivity index (χ0n) is 11.6. The van der Waals surface area contributed by atoms with E-state index in [4.69, 9.17) is 0 Å². The van der Waals surface area contributed by atoms with Gasteiger partial charge < -0.3 is 15.2 Å². The summed E-state index contributed by atoms with van der Waals surface area (Å²) in [6, 6.07) is 4.37. The van der Waals surface area contributed by atoms with Gasteiger partial charge in [-0.2, -0.15) is 0 Å². The largest absolute Gasteiger partial charge is 0.363 e. The van der Waals surface area contributed by atoms with Crippen LogP contribution in [0.5, 0.6) is 0 Å². The van der Waals surface area contributed by atoms with Gasteiger partial charge in [0.05, 0.1) is 12.1 Å². The topological polar surface area (TPSA) is 48.1 Å². The zero-order valence-corrected chi connectivity index (χ0v) is 11.6. The lowest BCUT2D eigenvalue weighted by Gasteiger charge is -2.34. The SMILES string of the molecule is CC1CCCNC1C(=O)N1CCCC1c1ccc[nH]1. The van der Waals surface area contributed by atoms with E-state index in [1.165, 1.54) is 12.1 Å². The lowest BCUT2D eigenvalue weighted by Crippen LogP contribution is -2.52. The molecule has 2 N–H and O–H groups in total. The number of hydrogen-bond acceptors (Lipinski definition) is 2. The lowest BCUT2D eigenvalue weighted by molar-refractivity contribution is -0.136. The van der Waals surface area contributed by atoms with Gasteiger partial charge in [0.15, 0.2) is 0 Å². The van der Waals surface area contributed by atoms with Crippen molar-refractivity contribution in [3.63, 3.8) is 0 Å². The molecular formula is C15H23N3O. The van der Waals surface area contributed by atoms with Crippen LogP contribution in [0.4, 0.5) is 0 Å². The Kier molecular flexibility index (Phi) is 3.60. The van der Waals surface area contributed by atoms with Gasteiger partial charge in [-0.05, 0) is 50.3 Å². The summed E-state index contributed by atoms with van der Waals surface area (Å²) in [6.07, 6.45) is 6.47. The van der Waals surface area contributed by atoms with Crippen LogP contribution < -0.4 is 5.32 Å². The van der Waals surface area contributed by atoms with Crippen LogP contribution in [0.25, 0.3) is 0 Å². The van der Waals surface area contributed by atoms with Crippen LogP contribution in [0.15, 0.2) is 18.3 Å². The van der Waals surface area contributed by atoms with Crippen LogP contribution in [-0.2, 0) is 4.79 Å². The maximum Gasteiger partial charge on any atom is 0.240 e. The number of H-pyrrole nitrogens is 1. The second kappa shape index (κ2) is 5.37. The number of aromatic nitrogens is 1. The molecule has 4 heteroatoms. The third-order valence-electron chi connectivity index (χ3n) is 4.55. The van der Waals surface area contributed by atoms with Crippen molar-refractivity contribution >= 4 is 5.91 Å². The Morgan fingerprint density at radius 3 is 3.00 bits per heavy atom. The predicted octanol–water partition coefficient (Wildman–Crippen LogP) is 2.07. The molecule has 0 radical (unpaired) electrons. The summed E-state index contributed by atoms with van der Waals surface area (Å²) in [4.78, 5) is 18.1. The summed E-state index contributed by atoms with van der Waals surface area (Å²) in [6.45, 7) is 4.06. The minimum absolute atomic E-state index is 0.0179. The smallest absolute Gasteiger partial charge is 0.240 e. The molecule has 2 fully saturated rings. The monoisotopic (exact) mass is 261 g/mol. The highest BCUT2D eigenvalue weighted by molar-refractivity contribution is 5.83. The molecule has 1 amide bonds. The molecule has 2 saturated heterocycles. The van der Waals surface area contributed by atoms with Crippen LogP contribution in [0, 0.1) is 5.92 Å². The molecular weight excluding hydrogens is 238 g/mol. The van der Waals surface area contributed by atoms with Gasteiger partial charge in [0.1, 0.15) is 0 Å². The fraction of sp³-hybridized carbons (Fsp3) is 0.667. The summed E-state index contributed by atoms with van der Waals surface area (Å²) in [5, 5.41) is 3.41. The number of nitrogens with zero attached hydrogens (tertiary/aromatic N) is 1. The second-order valence-corrected chi connectivity index (χ2v) is 5.87. The third-order valence-corrected chi connectivity index (χ3v) is 4.55. The molecule has 0 spiro atoms. The summed E-state index contributed by atoms with van der Waals surface area (Å²) in [5.74, 6) is 0.746. The third kappa shape index (κ3) is 2.41. The fourth-order valence-corrected chi connectivity index (χ4v) is 3.46. The maximum atomic E-state index is 12.8. The van der Waals surface area contributed by atoms with Crippen LogP contribution >= 0.6 is 0 Å². The van der Waals surface area contributed by atoms with E-state index in [-0.39, 0.29) is 12.1 Å². The van der Waals surface area contributed by atoms with E-state index < -0.39 is 0 Å². The molecule has 1 aromatic heterocycles. The van der Waals surface area contributed by atoms with Crippen molar-refractivity contribution in [3.8, 4) is 0 Å². The van der Waals surface area contributed by atoms with Crippen molar-refractivity contribution in [1.29, 1.82) is 0 Å². The van der Waals surface area contributed by atoms with E-state index in [1.807, 2.05) is 12.3 Å². The first-order valence-electron chi connectivity index (χ1n) is 7.44. The van der Waals surface area contributed by atoms with Crippen molar-refractivity contribution < 1.29 is 4.79 Å². The number of carbonyl (C=O) groups excluding carboxylic acids is 1. The summed E-state index contributed by atoms with van der Waals surface area (Å²) < 4.78 is 0. The molecule has 3 rings (SSSR count). The van der Waals surface area contributed by atoms with Gasteiger partial charge in [-0.25, -0.2) is 0 Å². The summed E-state index contributed by atoms with van der Waals surface area (Å²) >= 11 is 0. The van der Waals surface area contributed by atoms with E-state index in [9.17, 15) is 4.79 Å². The number of carbonyl (C=O) groups is 1. The van der Waals surface area contributed by atoms with E-state index in [1.54, 1.807) is 0 Å². The molecule has 4 nitrogen and oxygen atoms in total. The Balaban J connectivity index is 1.75. The van der Waals surface area contributed by atoms with Gasteiger partial charge in [0, 0.05) is 18.4 Å². The van der Waals surface area contributed by atoms with Crippen molar-refractivity contribution in [2.24, 2.45) is 5.92 Å². The van der Waals surface area contributed by atoms with Gasteiger partial charge in [0.25, 0.3) is 0 Å². The molecule has 0 aromatic carbocycles. The summed E-state index contributed by atoms with van der Waals surface area (Å²) in [7, 11) is 0. The number of piperidine rings is 1. The molecule has 0 saturated carbocycles. The zero-order chi connectivity index (χ0) is 13.2. The molecule has 0 aliphatic carbocycles. The van der Waals surface area contributed by atoms with E-state index in [0.29, 0.717) is 11.8 Å². The highest BCUT2D eigenvalue weighted by atomic mass is 16.2. The first kappa shape index (κ1) is 12.7. The lowest BCUT2D eigenvalue weighted by atomic mass is 9.91. The Bertz CT molecular complexity index is 429. The average Bonchev–Trinajstić information content (AvgIpc) is 3.09. The van der Waals surface area contributed by atoms with Gasteiger partial charge in [-0.3, -0.25) is 4.79 Å². The predicted molar refractivity (Wildman–Crippen MR) is 74.7 cm³/mol. The van der Waals surface area contributed by atoms with Crippen molar-refractivity contribution in [2.45, 2.75) is 44.7 Å². The van der Waals surface area contributed by atoms with E-state index >= 15 is 0 Å². The number of hydrogen-bond donors (Lipinski definition) is 2. The standard InChI is InChI=1S/C15H23N3O/c1-11-5-2-9-17-14(11)15(19)18-10-4-7-13(18)12-6-3-8-16-12/h3,6,8,11,13-14,16-17H,2,4-5,7,9-10H2,1H3. The first-order chi connectivity index (χ1) is 9.27. The number of likely N-dealkylation sites (tertiary alicyclic amines) is 1. The van der Waals surface area contributed by atoms with Gasteiger partial charge in [0.2, 0.25) is 5.91 Å². The van der Waals surface area contributed by atoms with Gasteiger partial charge in [-0.1, -0.05) is 6.92 Å². The van der Waals surface area contributed by atoms with Crippen LogP contribution in [0.2, 0.25) is 0 Å². The Morgan fingerprint density at radius 2 is 2.26 bits per heavy atom. The molecule has 1 aromatic rings. The number of amides is 1. The van der Waals surface area contributed by atoms with Crippen molar-refractivity contribution in [3.05, 3.63) is 24.0 Å². The maximum absolute atomic E-state index is 12.8. The first-order valence-corrected chi connectivity index (χ1v) is 7.44. The van der Waals surface area contributed by atoms with Crippen LogP contribution in [-0.4, -0.2) is 34.9 Å². The molecule has 3 heterocycles. The summed E-state index contributed by atoms with van der Waals surface area (Å²) in [5.41, 5.74) is 1.18. The molecule has 3 atom stereocenters. The molecule has 0 bridgehead atoms. The molecule has 2 aliphatic rings. The van der Waals surface area contributed by atoms with Gasteiger partial charge in [-0.15, -0.1) is 0 Å². The Hall–Kier alpha value is -1.29. The highest BCUT2D eigenvalue weighted by Gasteiger charge is 2.37. The number of nitrogens with one attached hydrogen (secondary N) is 2. The fourth-order valence-electron chi connectivity index (χ4n) is 3.46. The van der Waals surface area contributed by atoms with Gasteiger partial charge >= 0.3 is 0 Å².